The molecule has 0 spiro atoms. The summed E-state index contributed by atoms with van der Waals surface area (Å²) >= 11 is 1.69. The summed E-state index contributed by atoms with van der Waals surface area (Å²) in [5.74, 6) is -0.0629. The van der Waals surface area contributed by atoms with Gasteiger partial charge in [-0.2, -0.15) is 0 Å². The van der Waals surface area contributed by atoms with Crippen LogP contribution in [0.5, 0.6) is 0 Å². The highest BCUT2D eigenvalue weighted by Gasteiger charge is 2.32. The first kappa shape index (κ1) is 18.4. The van der Waals surface area contributed by atoms with Crippen molar-refractivity contribution in [1.29, 1.82) is 0 Å². The second-order valence-electron chi connectivity index (χ2n) is 6.97. The number of sulfonamides is 1. The first-order chi connectivity index (χ1) is 12.9. The second kappa shape index (κ2) is 6.87. The van der Waals surface area contributed by atoms with Crippen molar-refractivity contribution < 1.29 is 13.2 Å². The van der Waals surface area contributed by atoms with E-state index >= 15 is 0 Å². The lowest BCUT2D eigenvalue weighted by atomic mass is 10.2. The van der Waals surface area contributed by atoms with Gasteiger partial charge in [-0.3, -0.25) is 9.10 Å². The Balaban J connectivity index is 1.78. The van der Waals surface area contributed by atoms with Crippen molar-refractivity contribution in [3.05, 3.63) is 48.0 Å². The fourth-order valence-electron chi connectivity index (χ4n) is 3.69. The molecule has 0 aliphatic carbocycles. The summed E-state index contributed by atoms with van der Waals surface area (Å²) in [6.45, 7) is 4.71. The maximum Gasteiger partial charge on any atom is 0.264 e. The number of carbonyl (C=O) groups excluding carboxylic acids is 1. The Bertz CT molecular complexity index is 1000. The van der Waals surface area contributed by atoms with Gasteiger partial charge >= 0.3 is 0 Å². The summed E-state index contributed by atoms with van der Waals surface area (Å²) in [5, 5.41) is 0.376. The Morgan fingerprint density at radius 2 is 1.89 bits per heavy atom. The molecule has 0 saturated heterocycles. The zero-order valence-corrected chi connectivity index (χ0v) is 17.0. The van der Waals surface area contributed by atoms with Gasteiger partial charge in [0.25, 0.3) is 10.0 Å². The largest absolute Gasteiger partial charge is 0.311 e. The summed E-state index contributed by atoms with van der Waals surface area (Å²) in [7, 11) is -3.67. The normalized spacial score (nSPS) is 19.4. The highest BCUT2D eigenvalue weighted by Crippen LogP contribution is 2.40. The third-order valence-electron chi connectivity index (χ3n) is 5.12. The fraction of sp³-hybridized carbons (Fsp3) is 0.350. The molecule has 2 aromatic carbocycles. The van der Waals surface area contributed by atoms with Crippen molar-refractivity contribution in [2.24, 2.45) is 0 Å². The van der Waals surface area contributed by atoms with Gasteiger partial charge in [-0.1, -0.05) is 25.1 Å². The molecule has 142 valence electrons. The van der Waals surface area contributed by atoms with Crippen LogP contribution in [-0.4, -0.2) is 32.7 Å². The Morgan fingerprint density at radius 1 is 1.11 bits per heavy atom. The molecule has 1 atom stereocenters. The van der Waals surface area contributed by atoms with E-state index in [-0.39, 0.29) is 10.8 Å². The minimum atomic E-state index is -3.67. The molecule has 5 nitrogen and oxygen atoms in total. The molecule has 4 rings (SSSR count). The number of hydrogen-bond acceptors (Lipinski definition) is 4. The van der Waals surface area contributed by atoms with Gasteiger partial charge in [0.15, 0.2) is 0 Å². The summed E-state index contributed by atoms with van der Waals surface area (Å²) < 4.78 is 28.1. The van der Waals surface area contributed by atoms with Gasteiger partial charge in [-0.05, 0) is 42.7 Å². The minimum Gasteiger partial charge on any atom is -0.311 e. The number of para-hydroxylation sites is 1. The second-order valence-corrected chi connectivity index (χ2v) is 10.3. The molecular weight excluding hydrogens is 380 g/mol. The van der Waals surface area contributed by atoms with E-state index in [2.05, 4.69) is 6.92 Å². The van der Waals surface area contributed by atoms with Crippen molar-refractivity contribution in [1.82, 2.24) is 0 Å². The SMILES string of the molecule is CC(=O)N1CCC(C)Sc2ccc(S(=O)(=O)N3CCc4ccccc43)cc21. The molecule has 27 heavy (non-hydrogen) atoms. The quantitative estimate of drug-likeness (QED) is 0.769. The summed E-state index contributed by atoms with van der Waals surface area (Å²) in [4.78, 5) is 15.0. The molecule has 1 unspecified atom stereocenters. The molecule has 2 heterocycles. The van der Waals surface area contributed by atoms with Crippen LogP contribution in [0.2, 0.25) is 0 Å². The molecule has 1 amide bonds. The molecule has 7 heteroatoms. The third-order valence-corrected chi connectivity index (χ3v) is 8.17. The van der Waals surface area contributed by atoms with Crippen molar-refractivity contribution >= 4 is 39.1 Å². The maximum absolute atomic E-state index is 13.3. The van der Waals surface area contributed by atoms with Gasteiger partial charge in [-0.15, -0.1) is 11.8 Å². The van der Waals surface area contributed by atoms with Crippen LogP contribution in [0.1, 0.15) is 25.8 Å². The van der Waals surface area contributed by atoms with E-state index in [0.717, 1.165) is 22.6 Å². The summed E-state index contributed by atoms with van der Waals surface area (Å²) in [5.41, 5.74) is 2.50. The van der Waals surface area contributed by atoms with Gasteiger partial charge in [0.2, 0.25) is 5.91 Å². The number of fused-ring (bicyclic) bond motifs is 2. The Hall–Kier alpha value is -1.99. The van der Waals surface area contributed by atoms with Crippen molar-refractivity contribution in [2.75, 3.05) is 22.3 Å². The number of thioether (sulfide) groups is 1. The van der Waals surface area contributed by atoms with E-state index in [1.807, 2.05) is 30.3 Å². The van der Waals surface area contributed by atoms with E-state index in [1.165, 1.54) is 11.2 Å². The average Bonchev–Trinajstić information content (AvgIpc) is 2.99. The molecule has 0 bridgehead atoms. The van der Waals surface area contributed by atoms with Crippen LogP contribution in [-0.2, 0) is 21.2 Å². The Labute approximate surface area is 164 Å². The number of carbonyl (C=O) groups is 1. The molecule has 0 aromatic heterocycles. The number of nitrogens with zero attached hydrogens (tertiary/aromatic N) is 2. The van der Waals surface area contributed by atoms with Crippen LogP contribution in [0.4, 0.5) is 11.4 Å². The predicted molar refractivity (Wildman–Crippen MR) is 109 cm³/mol. The van der Waals surface area contributed by atoms with Gasteiger partial charge < -0.3 is 4.90 Å². The highest BCUT2D eigenvalue weighted by molar-refractivity contribution is 8.00. The van der Waals surface area contributed by atoms with Gasteiger partial charge in [0.05, 0.1) is 16.3 Å². The monoisotopic (exact) mass is 402 g/mol. The molecular formula is C20H22N2O3S2. The highest BCUT2D eigenvalue weighted by atomic mass is 32.2. The number of anilines is 2. The van der Waals surface area contributed by atoms with Crippen LogP contribution in [0, 0.1) is 0 Å². The van der Waals surface area contributed by atoms with Crippen LogP contribution in [0.15, 0.2) is 52.3 Å². The zero-order valence-electron chi connectivity index (χ0n) is 15.4. The lowest BCUT2D eigenvalue weighted by molar-refractivity contribution is -0.116. The third kappa shape index (κ3) is 3.23. The molecule has 0 N–H and O–H groups in total. The van der Waals surface area contributed by atoms with Crippen LogP contribution >= 0.6 is 11.8 Å². The van der Waals surface area contributed by atoms with Crippen molar-refractivity contribution in [3.8, 4) is 0 Å². The van der Waals surface area contributed by atoms with Crippen LogP contribution in [0.25, 0.3) is 0 Å². The lowest BCUT2D eigenvalue weighted by Gasteiger charge is -2.23. The van der Waals surface area contributed by atoms with Crippen LogP contribution in [0.3, 0.4) is 0 Å². The molecule has 2 aliphatic heterocycles. The molecule has 0 radical (unpaired) electrons. The van der Waals surface area contributed by atoms with E-state index in [0.29, 0.717) is 30.4 Å². The predicted octanol–water partition coefficient (Wildman–Crippen LogP) is 3.68. The first-order valence-electron chi connectivity index (χ1n) is 9.07. The van der Waals surface area contributed by atoms with Crippen molar-refractivity contribution in [2.45, 2.75) is 41.7 Å². The first-order valence-corrected chi connectivity index (χ1v) is 11.4. The number of benzene rings is 2. The topological polar surface area (TPSA) is 57.7 Å². The number of amides is 1. The van der Waals surface area contributed by atoms with E-state index in [4.69, 9.17) is 0 Å². The molecule has 2 aromatic rings. The van der Waals surface area contributed by atoms with E-state index < -0.39 is 10.0 Å². The minimum absolute atomic E-state index is 0.0629. The fourth-order valence-corrected chi connectivity index (χ4v) is 6.30. The van der Waals surface area contributed by atoms with Gasteiger partial charge in [0.1, 0.15) is 0 Å². The molecule has 0 fully saturated rings. The average molecular weight is 403 g/mol. The summed E-state index contributed by atoms with van der Waals surface area (Å²) in [6, 6.07) is 12.8. The lowest BCUT2D eigenvalue weighted by Crippen LogP contribution is -2.31. The van der Waals surface area contributed by atoms with Gasteiger partial charge in [0, 0.05) is 30.2 Å². The zero-order chi connectivity index (χ0) is 19.2. The summed E-state index contributed by atoms with van der Waals surface area (Å²) in [6.07, 6.45) is 1.59. The van der Waals surface area contributed by atoms with Gasteiger partial charge in [-0.25, -0.2) is 8.42 Å². The Kier molecular flexibility index (Phi) is 4.68. The molecule has 2 aliphatic rings. The molecule has 0 saturated carbocycles. The van der Waals surface area contributed by atoms with Crippen LogP contribution < -0.4 is 9.21 Å². The van der Waals surface area contributed by atoms with E-state index in [9.17, 15) is 13.2 Å². The standard InChI is InChI=1S/C20H22N2O3S2/c1-14-9-11-21(15(2)23)19-13-17(7-8-20(19)26-14)27(24,25)22-12-10-16-5-3-4-6-18(16)22/h3-8,13-14H,9-12H2,1-2H3. The van der Waals surface area contributed by atoms with Crippen molar-refractivity contribution in [3.63, 3.8) is 0 Å². The maximum atomic E-state index is 13.3. The number of rotatable bonds is 2. The number of hydrogen-bond donors (Lipinski definition) is 0. The Morgan fingerprint density at radius 3 is 2.67 bits per heavy atom. The smallest absolute Gasteiger partial charge is 0.264 e. The van der Waals surface area contributed by atoms with E-state index in [1.54, 1.807) is 28.8 Å².